The van der Waals surface area contributed by atoms with Gasteiger partial charge < -0.3 is 4.74 Å². The van der Waals surface area contributed by atoms with Crippen molar-refractivity contribution in [3.8, 4) is 5.75 Å². The van der Waals surface area contributed by atoms with E-state index in [4.69, 9.17) is 4.74 Å². The molecule has 24 heavy (non-hydrogen) atoms. The highest BCUT2D eigenvalue weighted by atomic mass is 32.2. The minimum Gasteiger partial charge on any atom is -0.494 e. The molecule has 1 aromatic carbocycles. The van der Waals surface area contributed by atoms with Gasteiger partial charge in [0.2, 0.25) is 10.0 Å². The normalized spacial score (nSPS) is 18.9. The first-order valence-electron chi connectivity index (χ1n) is 8.21. The molecule has 0 unspecified atom stereocenters. The van der Waals surface area contributed by atoms with Crippen molar-refractivity contribution in [2.75, 3.05) is 13.2 Å². The van der Waals surface area contributed by atoms with Gasteiger partial charge >= 0.3 is 0 Å². The molecular weight excluding hydrogens is 326 g/mol. The van der Waals surface area contributed by atoms with Crippen molar-refractivity contribution < 1.29 is 13.2 Å². The predicted molar refractivity (Wildman–Crippen MR) is 91.5 cm³/mol. The van der Waals surface area contributed by atoms with Crippen LogP contribution >= 0.6 is 0 Å². The molecule has 1 aliphatic heterocycles. The molecule has 2 aromatic rings. The number of ether oxygens (including phenoxy) is 1. The average molecular weight is 349 g/mol. The quantitative estimate of drug-likeness (QED) is 0.900. The van der Waals surface area contributed by atoms with Gasteiger partial charge in [0.1, 0.15) is 10.6 Å². The first kappa shape index (κ1) is 17.0. The molecule has 1 saturated heterocycles. The Bertz CT molecular complexity index is 793. The van der Waals surface area contributed by atoms with Crippen LogP contribution in [0.25, 0.3) is 0 Å². The number of rotatable bonds is 5. The number of sulfonamides is 1. The lowest BCUT2D eigenvalue weighted by Crippen LogP contribution is -2.31. The lowest BCUT2D eigenvalue weighted by atomic mass is 10.1. The first-order valence-corrected chi connectivity index (χ1v) is 9.65. The summed E-state index contributed by atoms with van der Waals surface area (Å²) in [5, 5.41) is 6.81. The lowest BCUT2D eigenvalue weighted by Gasteiger charge is -2.24. The van der Waals surface area contributed by atoms with Gasteiger partial charge in [-0.25, -0.2) is 8.42 Å². The summed E-state index contributed by atoms with van der Waals surface area (Å²) in [7, 11) is -3.57. The standard InChI is InChI=1S/C17H23N3O3S/c1-4-23-15-9-7-14(8-10-15)16-6-5-11-20(16)24(21,22)17-12(2)18-19-13(17)3/h7-10,16H,4-6,11H2,1-3H3,(H,18,19)/t16-/m0/s1. The Morgan fingerprint density at radius 1 is 1.29 bits per heavy atom. The van der Waals surface area contributed by atoms with Gasteiger partial charge in [0.25, 0.3) is 0 Å². The molecule has 0 radical (unpaired) electrons. The van der Waals surface area contributed by atoms with Gasteiger partial charge in [0.15, 0.2) is 0 Å². The molecule has 130 valence electrons. The van der Waals surface area contributed by atoms with Crippen LogP contribution in [0.15, 0.2) is 29.2 Å². The SMILES string of the molecule is CCOc1ccc([C@@H]2CCCN2S(=O)(=O)c2c(C)n[nH]c2C)cc1. The number of H-pyrrole nitrogens is 1. The fourth-order valence-corrected chi connectivity index (χ4v) is 5.37. The Morgan fingerprint density at radius 3 is 2.58 bits per heavy atom. The molecule has 0 spiro atoms. The second-order valence-electron chi connectivity index (χ2n) is 6.04. The largest absolute Gasteiger partial charge is 0.494 e. The van der Waals surface area contributed by atoms with Crippen LogP contribution in [-0.2, 0) is 10.0 Å². The van der Waals surface area contributed by atoms with Gasteiger partial charge in [-0.05, 0) is 51.3 Å². The van der Waals surface area contributed by atoms with Crippen molar-refractivity contribution >= 4 is 10.0 Å². The van der Waals surface area contributed by atoms with E-state index in [-0.39, 0.29) is 6.04 Å². The summed E-state index contributed by atoms with van der Waals surface area (Å²) in [5.41, 5.74) is 2.10. The lowest BCUT2D eigenvalue weighted by molar-refractivity contribution is 0.339. The van der Waals surface area contributed by atoms with E-state index in [1.165, 1.54) is 0 Å². The van der Waals surface area contributed by atoms with Gasteiger partial charge in [0, 0.05) is 6.54 Å². The van der Waals surface area contributed by atoms with Crippen molar-refractivity contribution in [2.24, 2.45) is 0 Å². The topological polar surface area (TPSA) is 75.3 Å². The number of hydrogen-bond donors (Lipinski definition) is 1. The molecular formula is C17H23N3O3S. The van der Waals surface area contributed by atoms with Crippen LogP contribution in [0.2, 0.25) is 0 Å². The van der Waals surface area contributed by atoms with E-state index in [0.717, 1.165) is 24.2 Å². The van der Waals surface area contributed by atoms with Gasteiger partial charge in [-0.2, -0.15) is 9.40 Å². The highest BCUT2D eigenvalue weighted by Crippen LogP contribution is 2.38. The Balaban J connectivity index is 1.93. The summed E-state index contributed by atoms with van der Waals surface area (Å²) in [6.45, 7) is 6.55. The molecule has 7 heteroatoms. The molecule has 0 bridgehead atoms. The Morgan fingerprint density at radius 2 is 2.00 bits per heavy atom. The van der Waals surface area contributed by atoms with Crippen molar-refractivity contribution in [1.29, 1.82) is 0 Å². The molecule has 0 saturated carbocycles. The Kier molecular flexibility index (Phi) is 4.64. The molecule has 6 nitrogen and oxygen atoms in total. The summed E-state index contributed by atoms with van der Waals surface area (Å²) < 4.78 is 33.3. The Hall–Kier alpha value is -1.86. The summed E-state index contributed by atoms with van der Waals surface area (Å²) >= 11 is 0. The average Bonchev–Trinajstić information content (AvgIpc) is 3.16. The van der Waals surface area contributed by atoms with Gasteiger partial charge in [-0.3, -0.25) is 5.10 Å². The summed E-state index contributed by atoms with van der Waals surface area (Å²) in [6.07, 6.45) is 1.68. The second kappa shape index (κ2) is 6.57. The minimum atomic E-state index is -3.57. The fourth-order valence-electron chi connectivity index (χ4n) is 3.35. The number of benzene rings is 1. The predicted octanol–water partition coefficient (Wildman–Crippen LogP) is 2.95. The van der Waals surface area contributed by atoms with E-state index < -0.39 is 10.0 Å². The van der Waals surface area contributed by atoms with Crippen LogP contribution in [0, 0.1) is 13.8 Å². The fraction of sp³-hybridized carbons (Fsp3) is 0.471. The van der Waals surface area contributed by atoms with Crippen LogP contribution < -0.4 is 4.74 Å². The Labute approximate surface area is 142 Å². The molecule has 1 N–H and O–H groups in total. The molecule has 2 heterocycles. The molecule has 0 amide bonds. The number of nitrogens with zero attached hydrogens (tertiary/aromatic N) is 2. The van der Waals surface area contributed by atoms with E-state index in [1.54, 1.807) is 18.2 Å². The zero-order valence-corrected chi connectivity index (χ0v) is 15.1. The zero-order valence-electron chi connectivity index (χ0n) is 14.2. The van der Waals surface area contributed by atoms with Crippen LogP contribution in [0.4, 0.5) is 0 Å². The highest BCUT2D eigenvalue weighted by molar-refractivity contribution is 7.89. The van der Waals surface area contributed by atoms with Gasteiger partial charge in [-0.15, -0.1) is 0 Å². The first-order chi connectivity index (χ1) is 11.4. The zero-order chi connectivity index (χ0) is 17.3. The van der Waals surface area contributed by atoms with Crippen molar-refractivity contribution in [3.63, 3.8) is 0 Å². The number of nitrogens with one attached hydrogen (secondary N) is 1. The van der Waals surface area contributed by atoms with Crippen LogP contribution in [-0.4, -0.2) is 36.1 Å². The molecule has 1 fully saturated rings. The van der Waals surface area contributed by atoms with E-state index in [9.17, 15) is 8.42 Å². The molecule has 3 rings (SSSR count). The van der Waals surface area contributed by atoms with Crippen LogP contribution in [0.5, 0.6) is 5.75 Å². The number of aryl methyl sites for hydroxylation is 2. The van der Waals surface area contributed by atoms with Crippen molar-refractivity contribution in [3.05, 3.63) is 41.2 Å². The van der Waals surface area contributed by atoms with Crippen LogP contribution in [0.3, 0.4) is 0 Å². The minimum absolute atomic E-state index is 0.139. The third-order valence-electron chi connectivity index (χ3n) is 4.41. The molecule has 1 aliphatic rings. The van der Waals surface area contributed by atoms with Crippen molar-refractivity contribution in [1.82, 2.24) is 14.5 Å². The van der Waals surface area contributed by atoms with E-state index in [0.29, 0.717) is 29.4 Å². The summed E-state index contributed by atoms with van der Waals surface area (Å²) in [5.74, 6) is 0.801. The number of aromatic nitrogens is 2. The maximum Gasteiger partial charge on any atom is 0.247 e. The maximum atomic E-state index is 13.1. The van der Waals surface area contributed by atoms with E-state index >= 15 is 0 Å². The van der Waals surface area contributed by atoms with Crippen LogP contribution in [0.1, 0.15) is 42.8 Å². The summed E-state index contributed by atoms with van der Waals surface area (Å²) in [6, 6.07) is 7.57. The molecule has 1 aromatic heterocycles. The van der Waals surface area contributed by atoms with Gasteiger partial charge in [-0.1, -0.05) is 12.1 Å². The smallest absolute Gasteiger partial charge is 0.247 e. The molecule has 0 aliphatic carbocycles. The number of hydrogen-bond acceptors (Lipinski definition) is 4. The maximum absolute atomic E-state index is 13.1. The third kappa shape index (κ3) is 2.93. The third-order valence-corrected chi connectivity index (χ3v) is 6.58. The van der Waals surface area contributed by atoms with E-state index in [1.807, 2.05) is 31.2 Å². The monoisotopic (exact) mass is 349 g/mol. The van der Waals surface area contributed by atoms with Gasteiger partial charge in [0.05, 0.1) is 24.0 Å². The highest BCUT2D eigenvalue weighted by Gasteiger charge is 2.38. The summed E-state index contributed by atoms with van der Waals surface area (Å²) in [4.78, 5) is 0.306. The second-order valence-corrected chi connectivity index (χ2v) is 7.87. The van der Waals surface area contributed by atoms with Crippen molar-refractivity contribution in [2.45, 2.75) is 44.6 Å². The van der Waals surface area contributed by atoms with E-state index in [2.05, 4.69) is 10.2 Å². The molecule has 1 atom stereocenters. The number of aromatic amines is 1.